The molecule has 120 valence electrons. The number of nitrogens with one attached hydrogen (secondary N) is 1. The van der Waals surface area contributed by atoms with Crippen molar-refractivity contribution in [1.82, 2.24) is 0 Å². The van der Waals surface area contributed by atoms with Crippen LogP contribution in [0.5, 0.6) is 0 Å². The van der Waals surface area contributed by atoms with E-state index < -0.39 is 6.10 Å². The molecule has 2 unspecified atom stereocenters. The van der Waals surface area contributed by atoms with Crippen LogP contribution in [0, 0.1) is 0 Å². The zero-order chi connectivity index (χ0) is 15.9. The Morgan fingerprint density at radius 3 is 2.82 bits per heavy atom. The van der Waals surface area contributed by atoms with E-state index in [1.54, 1.807) is 31.2 Å². The van der Waals surface area contributed by atoms with Gasteiger partial charge in [-0.15, -0.1) is 0 Å². The first-order valence-corrected chi connectivity index (χ1v) is 7.72. The first-order valence-electron chi connectivity index (χ1n) is 7.72. The van der Waals surface area contributed by atoms with Gasteiger partial charge in [-0.05, 0) is 45.2 Å². The second-order valence-corrected chi connectivity index (χ2v) is 5.56. The number of ketones is 1. The van der Waals surface area contributed by atoms with Crippen LogP contribution in [0.3, 0.4) is 0 Å². The molecule has 1 N–H and O–H groups in total. The molecule has 0 aliphatic carbocycles. The largest absolute Gasteiger partial charge is 0.376 e. The maximum atomic E-state index is 12.2. The Morgan fingerprint density at radius 2 is 2.14 bits per heavy atom. The molecule has 1 aromatic carbocycles. The van der Waals surface area contributed by atoms with Crippen LogP contribution in [0.4, 0.5) is 5.69 Å². The van der Waals surface area contributed by atoms with Crippen LogP contribution < -0.4 is 5.32 Å². The highest BCUT2D eigenvalue weighted by molar-refractivity contribution is 6.04. The molecule has 2 rings (SSSR count). The standard InChI is InChI=1S/C17H23NO4/c1-12(19)15-8-3-4-9-16(15)18-17(20)13(2)22-11-14-7-5-6-10-21-14/h3-4,8-9,13-14H,5-7,10-11H2,1-2H3,(H,18,20). The van der Waals surface area contributed by atoms with E-state index in [1.165, 1.54) is 6.92 Å². The van der Waals surface area contributed by atoms with E-state index >= 15 is 0 Å². The Morgan fingerprint density at radius 1 is 1.36 bits per heavy atom. The van der Waals surface area contributed by atoms with Gasteiger partial charge in [0.05, 0.1) is 18.4 Å². The van der Waals surface area contributed by atoms with Crippen LogP contribution in [0.15, 0.2) is 24.3 Å². The average molecular weight is 305 g/mol. The van der Waals surface area contributed by atoms with Crippen LogP contribution in [0.1, 0.15) is 43.5 Å². The zero-order valence-corrected chi connectivity index (χ0v) is 13.1. The van der Waals surface area contributed by atoms with E-state index in [1.807, 2.05) is 0 Å². The van der Waals surface area contributed by atoms with Gasteiger partial charge in [0, 0.05) is 12.2 Å². The minimum absolute atomic E-state index is 0.0773. The molecule has 0 spiro atoms. The van der Waals surface area contributed by atoms with Crippen molar-refractivity contribution in [2.24, 2.45) is 0 Å². The molecule has 22 heavy (non-hydrogen) atoms. The van der Waals surface area contributed by atoms with Gasteiger partial charge < -0.3 is 14.8 Å². The topological polar surface area (TPSA) is 64.6 Å². The van der Waals surface area contributed by atoms with Gasteiger partial charge in [-0.2, -0.15) is 0 Å². The van der Waals surface area contributed by atoms with Gasteiger partial charge in [0.15, 0.2) is 5.78 Å². The highest BCUT2D eigenvalue weighted by atomic mass is 16.5. The van der Waals surface area contributed by atoms with Gasteiger partial charge in [-0.25, -0.2) is 0 Å². The monoisotopic (exact) mass is 305 g/mol. The van der Waals surface area contributed by atoms with E-state index in [9.17, 15) is 9.59 Å². The van der Waals surface area contributed by atoms with Gasteiger partial charge in [0.25, 0.3) is 5.91 Å². The maximum Gasteiger partial charge on any atom is 0.253 e. The van der Waals surface area contributed by atoms with E-state index in [4.69, 9.17) is 9.47 Å². The molecule has 0 saturated carbocycles. The molecule has 0 aromatic heterocycles. The molecule has 0 bridgehead atoms. The summed E-state index contributed by atoms with van der Waals surface area (Å²) < 4.78 is 11.2. The number of Topliss-reactive ketones (excluding diaryl/α,β-unsaturated/α-hetero) is 1. The van der Waals surface area contributed by atoms with E-state index in [0.717, 1.165) is 25.9 Å². The summed E-state index contributed by atoms with van der Waals surface area (Å²) in [4.78, 5) is 23.7. The Hall–Kier alpha value is -1.72. The third-order valence-corrected chi connectivity index (χ3v) is 3.74. The van der Waals surface area contributed by atoms with E-state index in [2.05, 4.69) is 5.32 Å². The van der Waals surface area contributed by atoms with Crippen molar-refractivity contribution in [3.8, 4) is 0 Å². The number of carbonyl (C=O) groups excluding carboxylic acids is 2. The van der Waals surface area contributed by atoms with Gasteiger partial charge in [-0.1, -0.05) is 12.1 Å². The lowest BCUT2D eigenvalue weighted by Crippen LogP contribution is -2.33. The fourth-order valence-corrected chi connectivity index (χ4v) is 2.40. The summed E-state index contributed by atoms with van der Waals surface area (Å²) in [5, 5.41) is 2.75. The number of amides is 1. The second-order valence-electron chi connectivity index (χ2n) is 5.56. The number of para-hydroxylation sites is 1. The predicted octanol–water partition coefficient (Wildman–Crippen LogP) is 2.80. The number of rotatable bonds is 6. The Bertz CT molecular complexity index is 523. The van der Waals surface area contributed by atoms with Gasteiger partial charge >= 0.3 is 0 Å². The smallest absolute Gasteiger partial charge is 0.253 e. The summed E-state index contributed by atoms with van der Waals surface area (Å²) >= 11 is 0. The average Bonchev–Trinajstić information content (AvgIpc) is 2.53. The molecule has 1 amide bonds. The van der Waals surface area contributed by atoms with Crippen molar-refractivity contribution in [3.63, 3.8) is 0 Å². The van der Waals surface area contributed by atoms with E-state index in [0.29, 0.717) is 17.9 Å². The van der Waals surface area contributed by atoms with Gasteiger partial charge in [0.2, 0.25) is 0 Å². The molecule has 1 aliphatic rings. The molecular formula is C17H23NO4. The van der Waals surface area contributed by atoms with Crippen LogP contribution >= 0.6 is 0 Å². The molecule has 1 aliphatic heterocycles. The number of anilines is 1. The zero-order valence-electron chi connectivity index (χ0n) is 13.1. The molecule has 1 aromatic rings. The summed E-state index contributed by atoms with van der Waals surface area (Å²) in [5.41, 5.74) is 1.02. The normalized spacial score (nSPS) is 19.5. The Labute approximate surface area is 131 Å². The van der Waals surface area contributed by atoms with Crippen molar-refractivity contribution in [1.29, 1.82) is 0 Å². The number of hydrogen-bond donors (Lipinski definition) is 1. The summed E-state index contributed by atoms with van der Waals surface area (Å²) in [6.45, 7) is 4.36. The molecule has 1 heterocycles. The lowest BCUT2D eigenvalue weighted by atomic mass is 10.1. The lowest BCUT2D eigenvalue weighted by Gasteiger charge is -2.24. The van der Waals surface area contributed by atoms with Crippen molar-refractivity contribution in [2.75, 3.05) is 18.5 Å². The van der Waals surface area contributed by atoms with Gasteiger partial charge in [-0.3, -0.25) is 9.59 Å². The Kier molecular flexibility index (Phi) is 6.10. The quantitative estimate of drug-likeness (QED) is 0.821. The van der Waals surface area contributed by atoms with Gasteiger partial charge in [0.1, 0.15) is 6.10 Å². The van der Waals surface area contributed by atoms with E-state index in [-0.39, 0.29) is 17.8 Å². The third-order valence-electron chi connectivity index (χ3n) is 3.74. The van der Waals surface area contributed by atoms with Crippen molar-refractivity contribution in [2.45, 2.75) is 45.3 Å². The molecule has 5 heteroatoms. The number of hydrogen-bond acceptors (Lipinski definition) is 4. The molecule has 5 nitrogen and oxygen atoms in total. The predicted molar refractivity (Wildman–Crippen MR) is 84.1 cm³/mol. The van der Waals surface area contributed by atoms with Crippen molar-refractivity contribution in [3.05, 3.63) is 29.8 Å². The molecule has 1 saturated heterocycles. The lowest BCUT2D eigenvalue weighted by molar-refractivity contribution is -0.130. The summed E-state index contributed by atoms with van der Waals surface area (Å²) in [7, 11) is 0. The van der Waals surface area contributed by atoms with Crippen molar-refractivity contribution < 1.29 is 19.1 Å². The van der Waals surface area contributed by atoms with Crippen molar-refractivity contribution >= 4 is 17.4 Å². The number of ether oxygens (including phenoxy) is 2. The minimum atomic E-state index is -0.592. The highest BCUT2D eigenvalue weighted by Crippen LogP contribution is 2.17. The summed E-state index contributed by atoms with van der Waals surface area (Å²) in [6.07, 6.45) is 2.69. The van der Waals surface area contributed by atoms with Crippen LogP contribution in [-0.2, 0) is 14.3 Å². The number of carbonyl (C=O) groups is 2. The molecular weight excluding hydrogens is 282 g/mol. The summed E-state index contributed by atoms with van der Waals surface area (Å²) in [5.74, 6) is -0.343. The van der Waals surface area contributed by atoms with Crippen LogP contribution in [0.25, 0.3) is 0 Å². The van der Waals surface area contributed by atoms with Crippen LogP contribution in [-0.4, -0.2) is 37.1 Å². The number of benzene rings is 1. The maximum absolute atomic E-state index is 12.2. The summed E-state index contributed by atoms with van der Waals surface area (Å²) in [6, 6.07) is 6.96. The molecule has 1 fully saturated rings. The highest BCUT2D eigenvalue weighted by Gasteiger charge is 2.20. The Balaban J connectivity index is 1.87. The SMILES string of the molecule is CC(=O)c1ccccc1NC(=O)C(C)OCC1CCCCO1. The second kappa shape index (κ2) is 8.06. The first kappa shape index (κ1) is 16.6. The minimum Gasteiger partial charge on any atom is -0.376 e. The third kappa shape index (κ3) is 4.64. The van der Waals surface area contributed by atoms with Crippen LogP contribution in [0.2, 0.25) is 0 Å². The fourth-order valence-electron chi connectivity index (χ4n) is 2.40. The molecule has 2 atom stereocenters. The fraction of sp³-hybridized carbons (Fsp3) is 0.529. The molecule has 0 radical (unpaired) electrons. The first-order chi connectivity index (χ1) is 10.6.